The van der Waals surface area contributed by atoms with Crippen LogP contribution < -0.4 is 5.73 Å². The van der Waals surface area contributed by atoms with Crippen molar-refractivity contribution < 1.29 is 9.63 Å². The summed E-state index contributed by atoms with van der Waals surface area (Å²) in [6, 6.07) is 0. The third kappa shape index (κ3) is 1.73. The van der Waals surface area contributed by atoms with Crippen molar-refractivity contribution in [2.75, 3.05) is 0 Å². The van der Waals surface area contributed by atoms with Crippen molar-refractivity contribution in [1.29, 1.82) is 0 Å². The molecule has 0 bridgehead atoms. The van der Waals surface area contributed by atoms with Crippen LogP contribution in [-0.4, -0.2) is 15.8 Å². The van der Waals surface area contributed by atoms with Gasteiger partial charge in [-0.15, -0.1) is 0 Å². The van der Waals surface area contributed by atoms with E-state index in [1.165, 1.54) is 6.26 Å². The predicted octanol–water partition coefficient (Wildman–Crippen LogP) is 0.898. The van der Waals surface area contributed by atoms with Crippen LogP contribution in [0, 0.1) is 6.92 Å². The maximum atomic E-state index is 9.79. The van der Waals surface area contributed by atoms with Gasteiger partial charge in [0.1, 0.15) is 6.26 Å². The molecule has 0 aliphatic heterocycles. The lowest BCUT2D eigenvalue weighted by Crippen LogP contribution is -2.24. The summed E-state index contributed by atoms with van der Waals surface area (Å²) in [6.45, 7) is 1.82. The first-order chi connectivity index (χ1) is 6.11. The van der Waals surface area contributed by atoms with Gasteiger partial charge in [0, 0.05) is 11.1 Å². The standard InChI is InChI=1S/C9H14N2O2/c1-6-7(5-13-11-6)8(12)4-9(10)2-3-9/h5,8,12H,2-4,10H2,1H3. The Morgan fingerprint density at radius 3 is 2.92 bits per heavy atom. The number of aryl methyl sites for hydroxylation is 1. The summed E-state index contributed by atoms with van der Waals surface area (Å²) in [4.78, 5) is 0. The monoisotopic (exact) mass is 182 g/mol. The van der Waals surface area contributed by atoms with E-state index in [1.807, 2.05) is 6.92 Å². The fourth-order valence-electron chi connectivity index (χ4n) is 1.48. The van der Waals surface area contributed by atoms with Crippen molar-refractivity contribution in [1.82, 2.24) is 5.16 Å². The molecular formula is C9H14N2O2. The van der Waals surface area contributed by atoms with E-state index in [1.54, 1.807) is 0 Å². The Kier molecular flexibility index (Phi) is 1.89. The van der Waals surface area contributed by atoms with E-state index in [9.17, 15) is 5.11 Å². The summed E-state index contributed by atoms with van der Waals surface area (Å²) in [6.07, 6.45) is 3.59. The second-order valence-electron chi connectivity index (χ2n) is 3.94. The fourth-order valence-corrected chi connectivity index (χ4v) is 1.48. The molecule has 0 saturated heterocycles. The number of aliphatic hydroxyl groups is 1. The van der Waals surface area contributed by atoms with Crippen LogP contribution in [0.3, 0.4) is 0 Å². The zero-order chi connectivity index (χ0) is 9.47. The second kappa shape index (κ2) is 2.82. The Balaban J connectivity index is 2.05. The Morgan fingerprint density at radius 2 is 2.46 bits per heavy atom. The maximum Gasteiger partial charge on any atom is 0.129 e. The molecule has 1 atom stereocenters. The molecule has 0 radical (unpaired) electrons. The predicted molar refractivity (Wildman–Crippen MR) is 47.0 cm³/mol. The van der Waals surface area contributed by atoms with Gasteiger partial charge in [-0.05, 0) is 26.2 Å². The van der Waals surface area contributed by atoms with Crippen molar-refractivity contribution in [2.24, 2.45) is 5.73 Å². The minimum atomic E-state index is -0.529. The molecule has 0 amide bonds. The summed E-state index contributed by atoms with van der Waals surface area (Å²) >= 11 is 0. The average molecular weight is 182 g/mol. The number of hydrogen-bond acceptors (Lipinski definition) is 4. The first-order valence-electron chi connectivity index (χ1n) is 4.49. The Labute approximate surface area is 76.7 Å². The third-order valence-electron chi connectivity index (χ3n) is 2.64. The summed E-state index contributed by atoms with van der Waals surface area (Å²) in [5, 5.41) is 13.5. The SMILES string of the molecule is Cc1nocc1C(O)CC1(N)CC1. The van der Waals surface area contributed by atoms with E-state index in [0.29, 0.717) is 6.42 Å². The molecule has 1 aromatic rings. The summed E-state index contributed by atoms with van der Waals surface area (Å²) < 4.78 is 4.75. The van der Waals surface area contributed by atoms with Crippen molar-refractivity contribution in [3.63, 3.8) is 0 Å². The maximum absolute atomic E-state index is 9.79. The lowest BCUT2D eigenvalue weighted by atomic mass is 10.0. The number of aliphatic hydroxyl groups excluding tert-OH is 1. The highest BCUT2D eigenvalue weighted by atomic mass is 16.5. The highest BCUT2D eigenvalue weighted by Crippen LogP contribution is 2.40. The highest BCUT2D eigenvalue weighted by molar-refractivity contribution is 5.18. The lowest BCUT2D eigenvalue weighted by Gasteiger charge is -2.13. The van der Waals surface area contributed by atoms with Gasteiger partial charge in [0.2, 0.25) is 0 Å². The molecule has 0 aromatic carbocycles. The first kappa shape index (κ1) is 8.72. The second-order valence-corrected chi connectivity index (χ2v) is 3.94. The minimum absolute atomic E-state index is 0.136. The summed E-state index contributed by atoms with van der Waals surface area (Å²) in [7, 11) is 0. The van der Waals surface area contributed by atoms with Gasteiger partial charge in [0.05, 0.1) is 11.8 Å². The molecule has 1 aromatic heterocycles. The van der Waals surface area contributed by atoms with Crippen LogP contribution in [0.5, 0.6) is 0 Å². The molecule has 1 saturated carbocycles. The van der Waals surface area contributed by atoms with E-state index in [0.717, 1.165) is 24.1 Å². The normalized spacial score (nSPS) is 21.5. The van der Waals surface area contributed by atoms with Crippen molar-refractivity contribution >= 4 is 0 Å². The molecule has 13 heavy (non-hydrogen) atoms. The van der Waals surface area contributed by atoms with Crippen LogP contribution in [0.2, 0.25) is 0 Å². The van der Waals surface area contributed by atoms with Gasteiger partial charge in [-0.1, -0.05) is 5.16 Å². The summed E-state index contributed by atoms with van der Waals surface area (Å²) in [5.41, 5.74) is 7.26. The molecule has 4 heteroatoms. The quantitative estimate of drug-likeness (QED) is 0.728. The van der Waals surface area contributed by atoms with Gasteiger partial charge in [0.25, 0.3) is 0 Å². The van der Waals surface area contributed by atoms with E-state index in [4.69, 9.17) is 10.3 Å². The topological polar surface area (TPSA) is 72.3 Å². The zero-order valence-electron chi connectivity index (χ0n) is 7.66. The number of aromatic nitrogens is 1. The fraction of sp³-hybridized carbons (Fsp3) is 0.667. The van der Waals surface area contributed by atoms with Crippen LogP contribution >= 0.6 is 0 Å². The van der Waals surface area contributed by atoms with E-state index < -0.39 is 6.10 Å². The molecular weight excluding hydrogens is 168 g/mol. The van der Waals surface area contributed by atoms with Crippen LogP contribution in [0.1, 0.15) is 36.6 Å². The number of rotatable bonds is 3. The van der Waals surface area contributed by atoms with Crippen LogP contribution in [0.15, 0.2) is 10.8 Å². The van der Waals surface area contributed by atoms with Gasteiger partial charge < -0.3 is 15.4 Å². The largest absolute Gasteiger partial charge is 0.388 e. The van der Waals surface area contributed by atoms with Crippen LogP contribution in [0.25, 0.3) is 0 Å². The number of nitrogens with two attached hydrogens (primary N) is 1. The van der Waals surface area contributed by atoms with Gasteiger partial charge >= 0.3 is 0 Å². The van der Waals surface area contributed by atoms with E-state index >= 15 is 0 Å². The van der Waals surface area contributed by atoms with Gasteiger partial charge in [-0.25, -0.2) is 0 Å². The molecule has 1 aliphatic carbocycles. The van der Waals surface area contributed by atoms with Gasteiger partial charge in [-0.2, -0.15) is 0 Å². The number of hydrogen-bond donors (Lipinski definition) is 2. The molecule has 72 valence electrons. The minimum Gasteiger partial charge on any atom is -0.388 e. The van der Waals surface area contributed by atoms with Crippen LogP contribution in [-0.2, 0) is 0 Å². The smallest absolute Gasteiger partial charge is 0.129 e. The van der Waals surface area contributed by atoms with E-state index in [2.05, 4.69) is 5.16 Å². The van der Waals surface area contributed by atoms with Crippen molar-refractivity contribution in [3.05, 3.63) is 17.5 Å². The molecule has 4 nitrogen and oxygen atoms in total. The molecule has 1 heterocycles. The van der Waals surface area contributed by atoms with Crippen LogP contribution in [0.4, 0.5) is 0 Å². The Bertz CT molecular complexity index is 304. The van der Waals surface area contributed by atoms with E-state index in [-0.39, 0.29) is 5.54 Å². The zero-order valence-corrected chi connectivity index (χ0v) is 7.66. The van der Waals surface area contributed by atoms with Crippen molar-refractivity contribution in [3.8, 4) is 0 Å². The van der Waals surface area contributed by atoms with Gasteiger partial charge in [0.15, 0.2) is 0 Å². The highest BCUT2D eigenvalue weighted by Gasteiger charge is 2.40. The number of nitrogens with zero attached hydrogens (tertiary/aromatic N) is 1. The third-order valence-corrected chi connectivity index (χ3v) is 2.64. The van der Waals surface area contributed by atoms with Gasteiger partial charge in [-0.3, -0.25) is 0 Å². The summed E-state index contributed by atoms with van der Waals surface area (Å²) in [5.74, 6) is 0. The Hall–Kier alpha value is -0.870. The molecule has 2 rings (SSSR count). The molecule has 1 fully saturated rings. The lowest BCUT2D eigenvalue weighted by molar-refractivity contribution is 0.153. The molecule has 1 aliphatic rings. The molecule has 3 N–H and O–H groups in total. The average Bonchev–Trinajstić information content (AvgIpc) is 2.63. The molecule has 0 spiro atoms. The Morgan fingerprint density at radius 1 is 1.77 bits per heavy atom. The van der Waals surface area contributed by atoms with Crippen molar-refractivity contribution in [2.45, 2.75) is 37.8 Å². The first-order valence-corrected chi connectivity index (χ1v) is 4.49. The molecule has 1 unspecified atom stereocenters.